The second-order valence-corrected chi connectivity index (χ2v) is 4.63. The molecule has 0 saturated carbocycles. The minimum Gasteiger partial charge on any atom is -0.196 e. The molecule has 0 unspecified atom stereocenters. The summed E-state index contributed by atoms with van der Waals surface area (Å²) in [5.41, 5.74) is 3.21. The van der Waals surface area contributed by atoms with Gasteiger partial charge in [0, 0.05) is 0 Å². The third-order valence-electron chi connectivity index (χ3n) is 3.34. The molecular formula is C18H10N4. The smallest absolute Gasteiger partial charge is 0.158 e. The monoisotopic (exact) mass is 282 g/mol. The quantitative estimate of drug-likeness (QED) is 0.858. The number of hydrogen-bond acceptors (Lipinski definition) is 4. The van der Waals surface area contributed by atoms with Crippen molar-refractivity contribution in [3.63, 3.8) is 0 Å². The Morgan fingerprint density at radius 2 is 0.773 bits per heavy atom. The van der Waals surface area contributed by atoms with Crippen LogP contribution in [0.5, 0.6) is 0 Å². The van der Waals surface area contributed by atoms with E-state index in [4.69, 9.17) is 21.0 Å². The van der Waals surface area contributed by atoms with E-state index in [2.05, 4.69) is 0 Å². The van der Waals surface area contributed by atoms with Gasteiger partial charge < -0.3 is 0 Å². The molecule has 0 atom stereocenters. The lowest BCUT2D eigenvalue weighted by molar-refractivity contribution is 1.10. The molecule has 0 heterocycles. The summed E-state index contributed by atoms with van der Waals surface area (Å²) in [6, 6.07) is 22.2. The maximum absolute atomic E-state index is 8.87. The van der Waals surface area contributed by atoms with Crippen LogP contribution in [-0.4, -0.2) is 0 Å². The van der Waals surface area contributed by atoms with E-state index in [1.807, 2.05) is 48.5 Å². The highest BCUT2D eigenvalue weighted by Crippen LogP contribution is 2.24. The molecule has 0 fully saturated rings. The molecule has 2 aromatic carbocycles. The number of nitriles is 4. The fraction of sp³-hybridized carbons (Fsp3) is 0.111. The fourth-order valence-corrected chi connectivity index (χ4v) is 2.09. The molecule has 0 N–H and O–H groups in total. The molecule has 0 saturated heterocycles. The van der Waals surface area contributed by atoms with E-state index in [1.54, 1.807) is 24.3 Å². The van der Waals surface area contributed by atoms with Gasteiger partial charge in [-0.1, -0.05) is 48.5 Å². The van der Waals surface area contributed by atoms with Crippen molar-refractivity contribution >= 4 is 0 Å². The summed E-state index contributed by atoms with van der Waals surface area (Å²) < 4.78 is 0. The van der Waals surface area contributed by atoms with E-state index in [-0.39, 0.29) is 0 Å². The van der Waals surface area contributed by atoms with E-state index in [0.29, 0.717) is 11.1 Å². The summed E-state index contributed by atoms with van der Waals surface area (Å²) >= 11 is 0. The van der Waals surface area contributed by atoms with Crippen LogP contribution >= 0.6 is 0 Å². The average molecular weight is 282 g/mol. The van der Waals surface area contributed by atoms with Crippen molar-refractivity contribution in [2.45, 2.75) is 11.8 Å². The highest BCUT2D eigenvalue weighted by Gasteiger charge is 2.10. The molecule has 0 bridgehead atoms. The van der Waals surface area contributed by atoms with Gasteiger partial charge in [0.05, 0.1) is 24.3 Å². The SMILES string of the molecule is N#CC(C#N)c1ccc(-c2ccc(C(C#N)C#N)cc2)cc1. The van der Waals surface area contributed by atoms with Crippen LogP contribution in [0.3, 0.4) is 0 Å². The summed E-state index contributed by atoms with van der Waals surface area (Å²) in [5.74, 6) is -1.52. The molecule has 0 aliphatic carbocycles. The Hall–Kier alpha value is -3.60. The van der Waals surface area contributed by atoms with Crippen molar-refractivity contribution in [3.05, 3.63) is 59.7 Å². The number of rotatable bonds is 3. The first-order valence-electron chi connectivity index (χ1n) is 6.52. The molecule has 2 aromatic rings. The van der Waals surface area contributed by atoms with Gasteiger partial charge >= 0.3 is 0 Å². The van der Waals surface area contributed by atoms with Gasteiger partial charge in [0.15, 0.2) is 11.8 Å². The van der Waals surface area contributed by atoms with Crippen LogP contribution in [0.2, 0.25) is 0 Å². The minimum absolute atomic E-state index is 0.666. The zero-order valence-corrected chi connectivity index (χ0v) is 11.6. The van der Waals surface area contributed by atoms with Crippen LogP contribution in [0.4, 0.5) is 0 Å². The number of hydrogen-bond donors (Lipinski definition) is 0. The first-order valence-corrected chi connectivity index (χ1v) is 6.52. The first-order chi connectivity index (χ1) is 10.7. The molecule has 4 heteroatoms. The highest BCUT2D eigenvalue weighted by atomic mass is 14.3. The summed E-state index contributed by atoms with van der Waals surface area (Å²) in [6.07, 6.45) is 0. The third-order valence-corrected chi connectivity index (χ3v) is 3.34. The molecule has 0 aliphatic heterocycles. The Kier molecular flexibility index (Phi) is 4.52. The fourth-order valence-electron chi connectivity index (χ4n) is 2.09. The summed E-state index contributed by atoms with van der Waals surface area (Å²) in [5, 5.41) is 35.5. The van der Waals surface area contributed by atoms with E-state index < -0.39 is 11.8 Å². The Morgan fingerprint density at radius 3 is 1.00 bits per heavy atom. The van der Waals surface area contributed by atoms with Crippen LogP contribution in [0, 0.1) is 45.3 Å². The lowest BCUT2D eigenvalue weighted by Gasteiger charge is -2.06. The van der Waals surface area contributed by atoms with E-state index in [1.165, 1.54) is 0 Å². The molecule has 0 radical (unpaired) electrons. The summed E-state index contributed by atoms with van der Waals surface area (Å²) in [6.45, 7) is 0. The van der Waals surface area contributed by atoms with Crippen molar-refractivity contribution in [1.82, 2.24) is 0 Å². The van der Waals surface area contributed by atoms with Crippen molar-refractivity contribution < 1.29 is 0 Å². The zero-order valence-electron chi connectivity index (χ0n) is 11.6. The molecule has 0 spiro atoms. The molecule has 0 aliphatic rings. The lowest BCUT2D eigenvalue weighted by atomic mass is 9.96. The van der Waals surface area contributed by atoms with Crippen LogP contribution < -0.4 is 0 Å². The van der Waals surface area contributed by atoms with Crippen LogP contribution in [-0.2, 0) is 0 Å². The van der Waals surface area contributed by atoms with Crippen LogP contribution in [0.15, 0.2) is 48.5 Å². The molecule has 0 aromatic heterocycles. The van der Waals surface area contributed by atoms with Gasteiger partial charge in [-0.15, -0.1) is 0 Å². The van der Waals surface area contributed by atoms with E-state index in [9.17, 15) is 0 Å². The van der Waals surface area contributed by atoms with Crippen molar-refractivity contribution in [2.24, 2.45) is 0 Å². The molecule has 22 heavy (non-hydrogen) atoms. The Balaban J connectivity index is 2.27. The molecule has 2 rings (SSSR count). The highest BCUT2D eigenvalue weighted by molar-refractivity contribution is 5.64. The van der Waals surface area contributed by atoms with Gasteiger partial charge in [-0.2, -0.15) is 21.0 Å². The second-order valence-electron chi connectivity index (χ2n) is 4.63. The molecule has 102 valence electrons. The Morgan fingerprint density at radius 1 is 0.500 bits per heavy atom. The Bertz CT molecular complexity index is 720. The molecule has 0 amide bonds. The topological polar surface area (TPSA) is 95.2 Å². The van der Waals surface area contributed by atoms with Gasteiger partial charge in [0.25, 0.3) is 0 Å². The van der Waals surface area contributed by atoms with Crippen LogP contribution in [0.1, 0.15) is 23.0 Å². The van der Waals surface area contributed by atoms with E-state index in [0.717, 1.165) is 11.1 Å². The van der Waals surface area contributed by atoms with E-state index >= 15 is 0 Å². The zero-order chi connectivity index (χ0) is 15.9. The third kappa shape index (κ3) is 2.94. The van der Waals surface area contributed by atoms with Gasteiger partial charge in [-0.3, -0.25) is 0 Å². The summed E-state index contributed by atoms with van der Waals surface area (Å²) in [4.78, 5) is 0. The largest absolute Gasteiger partial charge is 0.196 e. The van der Waals surface area contributed by atoms with Gasteiger partial charge in [-0.05, 0) is 22.3 Å². The maximum atomic E-state index is 8.87. The molecule has 4 nitrogen and oxygen atoms in total. The van der Waals surface area contributed by atoms with Gasteiger partial charge in [0.1, 0.15) is 0 Å². The van der Waals surface area contributed by atoms with Gasteiger partial charge in [0.2, 0.25) is 0 Å². The van der Waals surface area contributed by atoms with Crippen molar-refractivity contribution in [2.75, 3.05) is 0 Å². The number of nitrogens with zero attached hydrogens (tertiary/aromatic N) is 4. The van der Waals surface area contributed by atoms with Gasteiger partial charge in [-0.25, -0.2) is 0 Å². The van der Waals surface area contributed by atoms with Crippen molar-refractivity contribution in [1.29, 1.82) is 21.0 Å². The second kappa shape index (κ2) is 6.71. The maximum Gasteiger partial charge on any atom is 0.158 e. The summed E-state index contributed by atoms with van der Waals surface area (Å²) in [7, 11) is 0. The predicted molar refractivity (Wildman–Crippen MR) is 79.8 cm³/mol. The minimum atomic E-state index is -0.761. The Labute approximate surface area is 128 Å². The molecular weight excluding hydrogens is 272 g/mol. The standard InChI is InChI=1S/C18H10N4/c19-9-17(10-20)15-5-1-13(2-6-15)14-3-7-16(8-4-14)18(11-21)12-22/h1-8,17-18H. The number of benzene rings is 2. The lowest BCUT2D eigenvalue weighted by Crippen LogP contribution is -1.92. The average Bonchev–Trinajstić information content (AvgIpc) is 2.58. The normalized spacial score (nSPS) is 9.55. The predicted octanol–water partition coefficient (Wildman–Crippen LogP) is 3.62. The van der Waals surface area contributed by atoms with Crippen LogP contribution in [0.25, 0.3) is 11.1 Å². The first kappa shape index (κ1) is 14.8. The van der Waals surface area contributed by atoms with Crippen molar-refractivity contribution in [3.8, 4) is 35.4 Å².